The minimum atomic E-state index is -0.357. The van der Waals surface area contributed by atoms with E-state index in [1.54, 1.807) is 31.4 Å². The van der Waals surface area contributed by atoms with Crippen molar-refractivity contribution in [3.05, 3.63) is 34.9 Å². The third kappa shape index (κ3) is 2.52. The van der Waals surface area contributed by atoms with Crippen LogP contribution in [0.1, 0.15) is 37.7 Å². The molecule has 0 bridgehead atoms. The largest absolute Gasteiger partial charge is 0.497 e. The Kier molecular flexibility index (Phi) is 4.21. The molecule has 0 atom stereocenters. The first kappa shape index (κ1) is 15.1. The van der Waals surface area contributed by atoms with Gasteiger partial charge in [0.05, 0.1) is 12.7 Å². The van der Waals surface area contributed by atoms with E-state index < -0.39 is 0 Å². The van der Waals surface area contributed by atoms with Crippen molar-refractivity contribution < 1.29 is 14.3 Å². The van der Waals surface area contributed by atoms with E-state index in [1.165, 1.54) is 11.3 Å². The van der Waals surface area contributed by atoms with Gasteiger partial charge in [0.25, 0.3) is 11.8 Å². The predicted molar refractivity (Wildman–Crippen MR) is 84.5 cm³/mol. The summed E-state index contributed by atoms with van der Waals surface area (Å²) in [5.74, 6) is 0.0674. The molecule has 1 fully saturated rings. The van der Waals surface area contributed by atoms with E-state index in [0.29, 0.717) is 16.9 Å². The summed E-state index contributed by atoms with van der Waals surface area (Å²) in [7, 11) is 1.58. The van der Waals surface area contributed by atoms with E-state index in [9.17, 15) is 9.59 Å². The number of benzene rings is 1. The molecule has 22 heavy (non-hydrogen) atoms. The number of amides is 2. The quantitative estimate of drug-likeness (QED) is 0.803. The Labute approximate surface area is 134 Å². The number of methoxy groups -OCH3 is 1. The monoisotopic (exact) mass is 319 g/mol. The fourth-order valence-electron chi connectivity index (χ4n) is 3.20. The van der Waals surface area contributed by atoms with E-state index in [4.69, 9.17) is 16.3 Å². The highest BCUT2D eigenvalue weighted by atomic mass is 35.5. The molecule has 1 aromatic carbocycles. The number of hydrogen-bond acceptors (Lipinski definition) is 3. The Morgan fingerprint density at radius 1 is 1.05 bits per heavy atom. The highest BCUT2D eigenvalue weighted by Crippen LogP contribution is 2.36. The summed E-state index contributed by atoms with van der Waals surface area (Å²) < 4.78 is 5.11. The average Bonchev–Trinajstić information content (AvgIpc) is 2.78. The maximum Gasteiger partial charge on any atom is 0.273 e. The van der Waals surface area contributed by atoms with Gasteiger partial charge in [-0.25, -0.2) is 0 Å². The van der Waals surface area contributed by atoms with Crippen molar-refractivity contribution in [2.45, 2.75) is 38.1 Å². The van der Waals surface area contributed by atoms with Crippen molar-refractivity contribution in [3.63, 3.8) is 0 Å². The molecule has 2 aliphatic rings. The second-order valence-corrected chi connectivity index (χ2v) is 6.07. The number of nitrogens with zero attached hydrogens (tertiary/aromatic N) is 1. The van der Waals surface area contributed by atoms with Gasteiger partial charge in [-0.3, -0.25) is 14.5 Å². The van der Waals surface area contributed by atoms with Crippen molar-refractivity contribution in [1.82, 2.24) is 4.90 Å². The third-order valence-corrected chi connectivity index (χ3v) is 4.73. The molecule has 0 N–H and O–H groups in total. The lowest BCUT2D eigenvalue weighted by atomic mass is 9.94. The first-order chi connectivity index (χ1) is 10.6. The molecule has 2 amide bonds. The predicted octanol–water partition coefficient (Wildman–Crippen LogP) is 3.35. The summed E-state index contributed by atoms with van der Waals surface area (Å²) in [6.45, 7) is 0. The van der Waals surface area contributed by atoms with Crippen molar-refractivity contribution in [3.8, 4) is 5.75 Å². The molecule has 5 heteroatoms. The Morgan fingerprint density at radius 2 is 1.68 bits per heavy atom. The van der Waals surface area contributed by atoms with Gasteiger partial charge >= 0.3 is 0 Å². The van der Waals surface area contributed by atoms with Crippen molar-refractivity contribution in [2.75, 3.05) is 7.11 Å². The van der Waals surface area contributed by atoms with Crippen LogP contribution in [0.15, 0.2) is 29.3 Å². The molecule has 3 rings (SSSR count). The zero-order valence-electron chi connectivity index (χ0n) is 12.5. The number of imide groups is 1. The highest BCUT2D eigenvalue weighted by molar-refractivity contribution is 6.55. The summed E-state index contributed by atoms with van der Waals surface area (Å²) in [5.41, 5.74) is 0.961. The van der Waals surface area contributed by atoms with Crippen LogP contribution in [0.25, 0.3) is 5.57 Å². The van der Waals surface area contributed by atoms with Gasteiger partial charge in [0.2, 0.25) is 0 Å². The van der Waals surface area contributed by atoms with Gasteiger partial charge in [0.15, 0.2) is 0 Å². The number of ether oxygens (including phenoxy) is 1. The van der Waals surface area contributed by atoms with Crippen molar-refractivity contribution in [1.29, 1.82) is 0 Å². The van der Waals surface area contributed by atoms with Gasteiger partial charge in [-0.2, -0.15) is 0 Å². The van der Waals surface area contributed by atoms with Crippen LogP contribution in [-0.2, 0) is 9.59 Å². The van der Waals surface area contributed by atoms with E-state index in [1.807, 2.05) is 0 Å². The molecule has 1 heterocycles. The lowest BCUT2D eigenvalue weighted by Gasteiger charge is -2.29. The molecule has 4 nitrogen and oxygen atoms in total. The first-order valence-electron chi connectivity index (χ1n) is 7.55. The summed E-state index contributed by atoms with van der Waals surface area (Å²) >= 11 is 6.18. The number of halogens is 1. The number of hydrogen-bond donors (Lipinski definition) is 0. The van der Waals surface area contributed by atoms with Gasteiger partial charge in [0, 0.05) is 6.04 Å². The second kappa shape index (κ2) is 6.13. The van der Waals surface area contributed by atoms with Crippen LogP contribution < -0.4 is 4.74 Å². The Bertz CT molecular complexity index is 630. The fraction of sp³-hybridized carbons (Fsp3) is 0.412. The maximum absolute atomic E-state index is 12.7. The number of carbonyl (C=O) groups is 2. The average molecular weight is 320 g/mol. The lowest BCUT2D eigenvalue weighted by Crippen LogP contribution is -2.41. The minimum Gasteiger partial charge on any atom is -0.497 e. The van der Waals surface area contributed by atoms with E-state index in [2.05, 4.69) is 0 Å². The molecule has 1 aromatic rings. The molecular formula is C17H18ClNO3. The van der Waals surface area contributed by atoms with Crippen molar-refractivity contribution in [2.24, 2.45) is 0 Å². The zero-order chi connectivity index (χ0) is 15.7. The van der Waals surface area contributed by atoms with Gasteiger partial charge in [-0.1, -0.05) is 43.0 Å². The molecule has 0 spiro atoms. The molecule has 1 aliphatic carbocycles. The van der Waals surface area contributed by atoms with E-state index in [-0.39, 0.29) is 22.9 Å². The van der Waals surface area contributed by atoms with Crippen LogP contribution in [0.2, 0.25) is 0 Å². The SMILES string of the molecule is COc1ccc(C2=C(Cl)C(=O)N(C3CCCCC3)C2=O)cc1. The molecule has 0 unspecified atom stereocenters. The van der Waals surface area contributed by atoms with Crippen LogP contribution >= 0.6 is 11.6 Å². The molecular weight excluding hydrogens is 302 g/mol. The minimum absolute atomic E-state index is 0.0155. The second-order valence-electron chi connectivity index (χ2n) is 5.69. The Morgan fingerprint density at radius 3 is 2.27 bits per heavy atom. The molecule has 1 saturated carbocycles. The van der Waals surface area contributed by atoms with Gasteiger partial charge in [-0.15, -0.1) is 0 Å². The molecule has 0 radical (unpaired) electrons. The van der Waals surface area contributed by atoms with Crippen LogP contribution in [0.3, 0.4) is 0 Å². The van der Waals surface area contributed by atoms with Gasteiger partial charge in [0.1, 0.15) is 10.8 Å². The molecule has 0 saturated heterocycles. The smallest absolute Gasteiger partial charge is 0.273 e. The van der Waals surface area contributed by atoms with Crippen LogP contribution in [0.4, 0.5) is 0 Å². The van der Waals surface area contributed by atoms with Crippen LogP contribution in [0.5, 0.6) is 5.75 Å². The topological polar surface area (TPSA) is 46.6 Å². The van der Waals surface area contributed by atoms with Gasteiger partial charge < -0.3 is 4.74 Å². The number of rotatable bonds is 3. The molecule has 1 aliphatic heterocycles. The van der Waals surface area contributed by atoms with Crippen molar-refractivity contribution >= 4 is 29.0 Å². The van der Waals surface area contributed by atoms with Gasteiger partial charge in [-0.05, 0) is 30.5 Å². The maximum atomic E-state index is 12.7. The molecule has 116 valence electrons. The highest BCUT2D eigenvalue weighted by Gasteiger charge is 2.42. The fourth-order valence-corrected chi connectivity index (χ4v) is 3.48. The number of carbonyl (C=O) groups excluding carboxylic acids is 2. The summed E-state index contributed by atoms with van der Waals surface area (Å²) in [4.78, 5) is 26.5. The molecule has 0 aromatic heterocycles. The van der Waals surface area contributed by atoms with E-state index >= 15 is 0 Å². The zero-order valence-corrected chi connectivity index (χ0v) is 13.2. The standard InChI is InChI=1S/C17H18ClNO3/c1-22-13-9-7-11(8-10-13)14-15(18)17(21)19(16(14)20)12-5-3-2-4-6-12/h7-10,12H,2-6H2,1H3. The van der Waals surface area contributed by atoms with E-state index in [0.717, 1.165) is 25.7 Å². The Hall–Kier alpha value is -1.81. The first-order valence-corrected chi connectivity index (χ1v) is 7.93. The van der Waals surface area contributed by atoms with Crippen LogP contribution in [-0.4, -0.2) is 29.9 Å². The summed E-state index contributed by atoms with van der Waals surface area (Å²) in [6.07, 6.45) is 5.02. The summed E-state index contributed by atoms with van der Waals surface area (Å²) in [6, 6.07) is 7.01. The van der Waals surface area contributed by atoms with Crippen LogP contribution in [0, 0.1) is 0 Å². The third-order valence-electron chi connectivity index (χ3n) is 4.38. The summed E-state index contributed by atoms with van der Waals surface area (Å²) in [5, 5.41) is 0.0285. The normalized spacial score (nSPS) is 20.0. The lowest BCUT2D eigenvalue weighted by molar-refractivity contribution is -0.139. The Balaban J connectivity index is 1.90.